The Morgan fingerprint density at radius 2 is 1.93 bits per heavy atom. The molecule has 0 radical (unpaired) electrons. The minimum Gasteiger partial charge on any atom is -0.496 e. The molecule has 0 saturated carbocycles. The molecule has 0 aliphatic carbocycles. The van der Waals surface area contributed by atoms with E-state index in [4.69, 9.17) is 9.26 Å². The molecule has 0 unspecified atom stereocenters. The highest BCUT2D eigenvalue weighted by molar-refractivity contribution is 5.83. The Balaban J connectivity index is 1.24. The van der Waals surface area contributed by atoms with Gasteiger partial charge in [-0.3, -0.25) is 4.79 Å². The van der Waals surface area contributed by atoms with Crippen LogP contribution in [0.5, 0.6) is 5.75 Å². The summed E-state index contributed by atoms with van der Waals surface area (Å²) in [6, 6.07) is 17.6. The fourth-order valence-corrected chi connectivity index (χ4v) is 3.70. The molecule has 1 aliphatic rings. The number of likely N-dealkylation sites (tertiary alicyclic amines) is 1. The van der Waals surface area contributed by atoms with Crippen molar-refractivity contribution >= 4 is 16.8 Å². The fourth-order valence-electron chi connectivity index (χ4n) is 3.70. The molecular weight excluding hydrogens is 368 g/mol. The van der Waals surface area contributed by atoms with Gasteiger partial charge in [0, 0.05) is 24.8 Å². The summed E-state index contributed by atoms with van der Waals surface area (Å²) in [6.07, 6.45) is 1.96. The molecule has 146 valence electrons. The highest BCUT2D eigenvalue weighted by atomic mass is 16.5. The third-order valence-electron chi connectivity index (χ3n) is 5.36. The van der Waals surface area contributed by atoms with Crippen LogP contribution in [0, 0.1) is 0 Å². The Morgan fingerprint density at radius 3 is 2.79 bits per heavy atom. The van der Waals surface area contributed by atoms with Gasteiger partial charge in [0.1, 0.15) is 12.3 Å². The predicted octanol–water partition coefficient (Wildman–Crippen LogP) is 3.33. The standard InChI is InChI=1S/C22H20N4O3/c1-28-19-9-5-3-7-17(19)21-23-22(29-24-21)16-12-26(13-16)20(27)14-25-11-10-15-6-2-4-8-18(15)25/h2-11,16H,12-14H2,1H3. The van der Waals surface area contributed by atoms with E-state index in [-0.39, 0.29) is 11.8 Å². The van der Waals surface area contributed by atoms with Crippen LogP contribution in [0.4, 0.5) is 0 Å². The van der Waals surface area contributed by atoms with Crippen LogP contribution in [0.1, 0.15) is 11.8 Å². The van der Waals surface area contributed by atoms with E-state index in [9.17, 15) is 4.79 Å². The maximum Gasteiger partial charge on any atom is 0.242 e. The Labute approximate surface area is 167 Å². The first-order valence-electron chi connectivity index (χ1n) is 9.51. The largest absolute Gasteiger partial charge is 0.496 e. The third kappa shape index (κ3) is 3.14. The molecule has 0 bridgehead atoms. The van der Waals surface area contributed by atoms with Crippen molar-refractivity contribution in [3.05, 3.63) is 66.7 Å². The van der Waals surface area contributed by atoms with Crippen LogP contribution in [0.15, 0.2) is 65.3 Å². The minimum absolute atomic E-state index is 0.0660. The van der Waals surface area contributed by atoms with Gasteiger partial charge in [-0.15, -0.1) is 0 Å². The van der Waals surface area contributed by atoms with Gasteiger partial charge >= 0.3 is 0 Å². The van der Waals surface area contributed by atoms with Crippen molar-refractivity contribution in [3.8, 4) is 17.1 Å². The second-order valence-electron chi connectivity index (χ2n) is 7.15. The first-order chi connectivity index (χ1) is 14.2. The van der Waals surface area contributed by atoms with Crippen LogP contribution >= 0.6 is 0 Å². The number of hydrogen-bond donors (Lipinski definition) is 0. The molecule has 0 N–H and O–H groups in total. The Morgan fingerprint density at radius 1 is 1.14 bits per heavy atom. The number of benzene rings is 2. The van der Waals surface area contributed by atoms with Crippen molar-refractivity contribution in [1.82, 2.24) is 19.6 Å². The maximum absolute atomic E-state index is 12.6. The molecule has 0 atom stereocenters. The lowest BCUT2D eigenvalue weighted by molar-refractivity contribution is -0.136. The second kappa shape index (κ2) is 7.09. The van der Waals surface area contributed by atoms with Gasteiger partial charge in [-0.05, 0) is 29.7 Å². The highest BCUT2D eigenvalue weighted by Crippen LogP contribution is 2.31. The Hall–Kier alpha value is -3.61. The van der Waals surface area contributed by atoms with Gasteiger partial charge < -0.3 is 18.7 Å². The second-order valence-corrected chi connectivity index (χ2v) is 7.15. The molecule has 29 heavy (non-hydrogen) atoms. The molecule has 2 aromatic carbocycles. The van der Waals surface area contributed by atoms with Gasteiger partial charge in [0.05, 0.1) is 18.6 Å². The molecule has 1 amide bonds. The summed E-state index contributed by atoms with van der Waals surface area (Å²) in [7, 11) is 1.61. The average molecular weight is 388 g/mol. The lowest BCUT2D eigenvalue weighted by Gasteiger charge is -2.37. The summed E-state index contributed by atoms with van der Waals surface area (Å²) in [6.45, 7) is 1.51. The average Bonchev–Trinajstić information content (AvgIpc) is 3.35. The van der Waals surface area contributed by atoms with Crippen LogP contribution < -0.4 is 4.74 Å². The van der Waals surface area contributed by atoms with E-state index in [1.807, 2.05) is 70.3 Å². The number of fused-ring (bicyclic) bond motifs is 1. The number of nitrogens with zero attached hydrogens (tertiary/aromatic N) is 4. The van der Waals surface area contributed by atoms with Crippen LogP contribution in [-0.2, 0) is 11.3 Å². The summed E-state index contributed by atoms with van der Waals surface area (Å²) in [5, 5.41) is 5.22. The molecule has 1 aliphatic heterocycles. The number of aromatic nitrogens is 3. The highest BCUT2D eigenvalue weighted by Gasteiger charge is 2.35. The predicted molar refractivity (Wildman–Crippen MR) is 108 cm³/mol. The van der Waals surface area contributed by atoms with Crippen molar-refractivity contribution in [2.75, 3.05) is 20.2 Å². The van der Waals surface area contributed by atoms with Gasteiger partial charge in [0.25, 0.3) is 0 Å². The quantitative estimate of drug-likeness (QED) is 0.524. The van der Waals surface area contributed by atoms with E-state index < -0.39 is 0 Å². The molecule has 7 heteroatoms. The van der Waals surface area contributed by atoms with Gasteiger partial charge in [-0.25, -0.2) is 0 Å². The molecule has 4 aromatic rings. The number of para-hydroxylation sites is 2. The first-order valence-corrected chi connectivity index (χ1v) is 9.51. The molecule has 5 rings (SSSR count). The lowest BCUT2D eigenvalue weighted by Crippen LogP contribution is -2.49. The van der Waals surface area contributed by atoms with E-state index in [0.29, 0.717) is 37.1 Å². The van der Waals surface area contributed by atoms with Gasteiger partial charge in [-0.1, -0.05) is 35.5 Å². The smallest absolute Gasteiger partial charge is 0.242 e. The van der Waals surface area contributed by atoms with Crippen molar-refractivity contribution in [2.24, 2.45) is 0 Å². The fraction of sp³-hybridized carbons (Fsp3) is 0.227. The van der Waals surface area contributed by atoms with Crippen LogP contribution in [0.3, 0.4) is 0 Å². The summed E-state index contributed by atoms with van der Waals surface area (Å²) >= 11 is 0. The zero-order valence-corrected chi connectivity index (χ0v) is 16.0. The van der Waals surface area contributed by atoms with E-state index in [2.05, 4.69) is 10.1 Å². The third-order valence-corrected chi connectivity index (χ3v) is 5.36. The van der Waals surface area contributed by atoms with E-state index in [1.54, 1.807) is 7.11 Å². The normalized spacial score (nSPS) is 14.2. The molecule has 1 fully saturated rings. The zero-order chi connectivity index (χ0) is 19.8. The molecule has 0 spiro atoms. The molecule has 1 saturated heterocycles. The monoisotopic (exact) mass is 388 g/mol. The van der Waals surface area contributed by atoms with Crippen molar-refractivity contribution in [1.29, 1.82) is 0 Å². The number of ether oxygens (including phenoxy) is 1. The topological polar surface area (TPSA) is 73.4 Å². The minimum atomic E-state index is 0.0660. The van der Waals surface area contributed by atoms with E-state index in [0.717, 1.165) is 16.5 Å². The van der Waals surface area contributed by atoms with Crippen molar-refractivity contribution in [2.45, 2.75) is 12.5 Å². The number of methoxy groups -OCH3 is 1. The van der Waals surface area contributed by atoms with Crippen LogP contribution in [0.2, 0.25) is 0 Å². The van der Waals surface area contributed by atoms with Gasteiger partial charge in [0.15, 0.2) is 0 Å². The van der Waals surface area contributed by atoms with Gasteiger partial charge in [0.2, 0.25) is 17.6 Å². The molecule has 3 heterocycles. The molecule has 7 nitrogen and oxygen atoms in total. The number of carbonyl (C=O) groups excluding carboxylic acids is 1. The lowest BCUT2D eigenvalue weighted by atomic mass is 10.00. The number of amides is 1. The number of rotatable bonds is 5. The molecular formula is C22H20N4O3. The summed E-state index contributed by atoms with van der Waals surface area (Å²) in [4.78, 5) is 19.0. The number of hydrogen-bond acceptors (Lipinski definition) is 5. The Kier molecular flexibility index (Phi) is 4.27. The Bertz CT molecular complexity index is 1170. The maximum atomic E-state index is 12.6. The first kappa shape index (κ1) is 17.5. The van der Waals surface area contributed by atoms with Crippen LogP contribution in [0.25, 0.3) is 22.3 Å². The SMILES string of the molecule is COc1ccccc1-c1noc(C2CN(C(=O)Cn3ccc4ccccc43)C2)n1. The summed E-state index contributed by atoms with van der Waals surface area (Å²) < 4.78 is 12.8. The summed E-state index contributed by atoms with van der Waals surface area (Å²) in [5.41, 5.74) is 1.85. The van der Waals surface area contributed by atoms with Crippen LogP contribution in [-0.4, -0.2) is 45.7 Å². The van der Waals surface area contributed by atoms with Crippen molar-refractivity contribution < 1.29 is 14.1 Å². The zero-order valence-electron chi connectivity index (χ0n) is 16.0. The van der Waals surface area contributed by atoms with Gasteiger partial charge in [-0.2, -0.15) is 4.98 Å². The van der Waals surface area contributed by atoms with E-state index in [1.165, 1.54) is 0 Å². The van der Waals surface area contributed by atoms with E-state index >= 15 is 0 Å². The molecule has 2 aromatic heterocycles. The summed E-state index contributed by atoms with van der Waals surface area (Å²) in [5.74, 6) is 1.91. The number of carbonyl (C=O) groups is 1. The van der Waals surface area contributed by atoms with Crippen molar-refractivity contribution in [3.63, 3.8) is 0 Å².